The van der Waals surface area contributed by atoms with Crippen molar-refractivity contribution in [1.29, 1.82) is 0 Å². The van der Waals surface area contributed by atoms with E-state index in [4.69, 9.17) is 5.11 Å². The molecule has 0 aromatic heterocycles. The highest BCUT2D eigenvalue weighted by Crippen LogP contribution is 2.15. The van der Waals surface area contributed by atoms with Crippen LogP contribution in [0.4, 0.5) is 0 Å². The molecular formula is C29H62BrNO. The van der Waals surface area contributed by atoms with E-state index in [0.717, 1.165) is 6.42 Å². The summed E-state index contributed by atoms with van der Waals surface area (Å²) >= 11 is 0. The molecule has 0 spiro atoms. The van der Waals surface area contributed by atoms with Crippen molar-refractivity contribution in [2.45, 2.75) is 155 Å². The average Bonchev–Trinajstić information content (AvgIpc) is 2.75. The lowest BCUT2D eigenvalue weighted by atomic mass is 10.0. The minimum atomic E-state index is 0. The standard InChI is InChI=1S/C29H62NO.BrH/c1-4-5-6-7-8-9-10-11-12-13-15-18-21-24-27-30(2,3)28-25-22-19-16-14-17-20-23-26-29-31;/h31H,4-29H2,1-3H3;1H/q+1;/p-1. The SMILES string of the molecule is CCCCCCCCCCCCCCCC[N+](C)(C)CCCCCCCCCCCO.[Br-]. The second kappa shape index (κ2) is 27.6. The zero-order valence-corrected chi connectivity index (χ0v) is 24.2. The van der Waals surface area contributed by atoms with Gasteiger partial charge in [0.05, 0.1) is 27.2 Å². The smallest absolute Gasteiger partial charge is 0.0782 e. The van der Waals surface area contributed by atoms with Crippen molar-refractivity contribution in [2.75, 3.05) is 33.8 Å². The summed E-state index contributed by atoms with van der Waals surface area (Å²) in [5.41, 5.74) is 0. The summed E-state index contributed by atoms with van der Waals surface area (Å²) < 4.78 is 1.22. The lowest BCUT2D eigenvalue weighted by molar-refractivity contribution is -0.890. The van der Waals surface area contributed by atoms with Gasteiger partial charge < -0.3 is 26.6 Å². The normalized spacial score (nSPS) is 11.6. The summed E-state index contributed by atoms with van der Waals surface area (Å²) in [6.45, 7) is 5.39. The fourth-order valence-corrected chi connectivity index (χ4v) is 4.74. The van der Waals surface area contributed by atoms with Crippen LogP contribution in [0.25, 0.3) is 0 Å². The van der Waals surface area contributed by atoms with E-state index in [0.29, 0.717) is 6.61 Å². The van der Waals surface area contributed by atoms with Gasteiger partial charge in [0.15, 0.2) is 0 Å². The second-order valence-electron chi connectivity index (χ2n) is 10.9. The van der Waals surface area contributed by atoms with Crippen LogP contribution in [0.1, 0.15) is 155 Å². The number of nitrogens with zero attached hydrogens (tertiary/aromatic N) is 1. The lowest BCUT2D eigenvalue weighted by Gasteiger charge is -2.30. The van der Waals surface area contributed by atoms with Crippen molar-refractivity contribution in [1.82, 2.24) is 0 Å². The molecule has 0 aromatic carbocycles. The molecule has 0 amide bonds. The van der Waals surface area contributed by atoms with Crippen LogP contribution in [-0.2, 0) is 0 Å². The number of quaternary nitrogens is 1. The molecule has 0 aromatic rings. The summed E-state index contributed by atoms with van der Waals surface area (Å²) in [5.74, 6) is 0. The van der Waals surface area contributed by atoms with E-state index in [-0.39, 0.29) is 17.0 Å². The maximum absolute atomic E-state index is 8.79. The molecule has 0 aliphatic heterocycles. The van der Waals surface area contributed by atoms with Gasteiger partial charge in [-0.05, 0) is 32.1 Å². The summed E-state index contributed by atoms with van der Waals surface area (Å²) in [5, 5.41) is 8.79. The van der Waals surface area contributed by atoms with E-state index in [1.807, 2.05) is 0 Å². The number of halogens is 1. The topological polar surface area (TPSA) is 20.2 Å². The predicted molar refractivity (Wildman–Crippen MR) is 141 cm³/mol. The quantitative estimate of drug-likeness (QED) is 0.109. The first-order valence-corrected chi connectivity index (χ1v) is 14.6. The Balaban J connectivity index is 0. The molecule has 196 valence electrons. The molecule has 0 fully saturated rings. The van der Waals surface area contributed by atoms with Crippen LogP contribution in [-0.4, -0.2) is 43.4 Å². The van der Waals surface area contributed by atoms with E-state index < -0.39 is 0 Å². The van der Waals surface area contributed by atoms with Crippen LogP contribution in [0.2, 0.25) is 0 Å². The molecule has 0 saturated heterocycles. The van der Waals surface area contributed by atoms with E-state index in [1.54, 1.807) is 0 Å². The van der Waals surface area contributed by atoms with Crippen molar-refractivity contribution >= 4 is 0 Å². The Kier molecular flexibility index (Phi) is 29.9. The Morgan fingerprint density at radius 2 is 0.656 bits per heavy atom. The van der Waals surface area contributed by atoms with Crippen LogP contribution < -0.4 is 17.0 Å². The van der Waals surface area contributed by atoms with Gasteiger partial charge in [0.1, 0.15) is 0 Å². The van der Waals surface area contributed by atoms with Crippen LogP contribution in [0.5, 0.6) is 0 Å². The molecule has 0 aliphatic carbocycles. The van der Waals surface area contributed by atoms with Crippen molar-refractivity contribution in [2.24, 2.45) is 0 Å². The molecule has 0 saturated carbocycles. The predicted octanol–water partition coefficient (Wildman–Crippen LogP) is 6.05. The van der Waals surface area contributed by atoms with Crippen LogP contribution in [0, 0.1) is 0 Å². The highest BCUT2D eigenvalue weighted by atomic mass is 79.9. The molecule has 2 nitrogen and oxygen atoms in total. The van der Waals surface area contributed by atoms with Gasteiger partial charge in [-0.3, -0.25) is 0 Å². The first kappa shape index (κ1) is 34.6. The van der Waals surface area contributed by atoms with Crippen molar-refractivity contribution in [3.8, 4) is 0 Å². The Hall–Kier alpha value is 0.400. The Labute approximate surface area is 214 Å². The van der Waals surface area contributed by atoms with Crippen molar-refractivity contribution < 1.29 is 26.6 Å². The molecule has 32 heavy (non-hydrogen) atoms. The summed E-state index contributed by atoms with van der Waals surface area (Å²) in [6.07, 6.45) is 32.2. The van der Waals surface area contributed by atoms with Gasteiger partial charge in [-0.1, -0.05) is 122 Å². The molecule has 0 unspecified atom stereocenters. The fourth-order valence-electron chi connectivity index (χ4n) is 4.74. The summed E-state index contributed by atoms with van der Waals surface area (Å²) in [6, 6.07) is 0. The molecule has 0 heterocycles. The number of unbranched alkanes of at least 4 members (excludes halogenated alkanes) is 21. The Morgan fingerprint density at radius 1 is 0.406 bits per heavy atom. The average molecular weight is 521 g/mol. The third-order valence-electron chi connectivity index (χ3n) is 7.04. The monoisotopic (exact) mass is 519 g/mol. The maximum Gasteiger partial charge on any atom is 0.0782 e. The highest BCUT2D eigenvalue weighted by molar-refractivity contribution is 4.51. The number of rotatable bonds is 26. The first-order valence-electron chi connectivity index (χ1n) is 14.6. The van der Waals surface area contributed by atoms with Crippen LogP contribution in [0.3, 0.4) is 0 Å². The molecule has 0 atom stereocenters. The van der Waals surface area contributed by atoms with Gasteiger partial charge in [0, 0.05) is 6.61 Å². The maximum atomic E-state index is 8.79. The van der Waals surface area contributed by atoms with E-state index in [1.165, 1.54) is 159 Å². The van der Waals surface area contributed by atoms with Crippen LogP contribution >= 0.6 is 0 Å². The molecule has 0 aliphatic rings. The van der Waals surface area contributed by atoms with Gasteiger partial charge in [0.2, 0.25) is 0 Å². The number of aliphatic hydroxyl groups is 1. The minimum absolute atomic E-state index is 0. The van der Waals surface area contributed by atoms with E-state index >= 15 is 0 Å². The van der Waals surface area contributed by atoms with Gasteiger partial charge in [-0.15, -0.1) is 0 Å². The molecule has 3 heteroatoms. The third-order valence-corrected chi connectivity index (χ3v) is 7.04. The summed E-state index contributed by atoms with van der Waals surface area (Å²) in [7, 11) is 4.87. The summed E-state index contributed by atoms with van der Waals surface area (Å²) in [4.78, 5) is 0. The molecule has 0 bridgehead atoms. The Morgan fingerprint density at radius 3 is 0.938 bits per heavy atom. The number of hydrogen-bond donors (Lipinski definition) is 1. The zero-order valence-electron chi connectivity index (χ0n) is 22.7. The number of aliphatic hydroxyl groups excluding tert-OH is 1. The minimum Gasteiger partial charge on any atom is -1.00 e. The second-order valence-corrected chi connectivity index (χ2v) is 10.9. The Bertz CT molecular complexity index is 335. The fraction of sp³-hybridized carbons (Fsp3) is 1.00. The largest absolute Gasteiger partial charge is 1.00 e. The first-order chi connectivity index (χ1) is 15.1. The van der Waals surface area contributed by atoms with E-state index in [2.05, 4.69) is 21.0 Å². The van der Waals surface area contributed by atoms with Gasteiger partial charge in [-0.25, -0.2) is 0 Å². The van der Waals surface area contributed by atoms with Crippen LogP contribution in [0.15, 0.2) is 0 Å². The molecule has 1 N–H and O–H groups in total. The van der Waals surface area contributed by atoms with Gasteiger partial charge in [0.25, 0.3) is 0 Å². The molecular weight excluding hydrogens is 458 g/mol. The zero-order chi connectivity index (χ0) is 22.9. The van der Waals surface area contributed by atoms with Gasteiger partial charge in [-0.2, -0.15) is 0 Å². The molecule has 0 radical (unpaired) electrons. The number of hydrogen-bond acceptors (Lipinski definition) is 1. The van der Waals surface area contributed by atoms with Crippen molar-refractivity contribution in [3.63, 3.8) is 0 Å². The third kappa shape index (κ3) is 28.4. The lowest BCUT2D eigenvalue weighted by Crippen LogP contribution is -3.00. The van der Waals surface area contributed by atoms with Gasteiger partial charge >= 0.3 is 0 Å². The van der Waals surface area contributed by atoms with E-state index in [9.17, 15) is 0 Å². The highest BCUT2D eigenvalue weighted by Gasteiger charge is 2.13. The molecule has 0 rings (SSSR count). The van der Waals surface area contributed by atoms with Crippen molar-refractivity contribution in [3.05, 3.63) is 0 Å².